The SMILES string of the molecule is COc1ccc(OC)c(NC(=O)CSc2nc3ccccc3n2CCc2ccccc2)c1. The van der Waals surface area contributed by atoms with Crippen molar-refractivity contribution in [1.82, 2.24) is 9.55 Å². The summed E-state index contributed by atoms with van der Waals surface area (Å²) in [6, 6.07) is 23.7. The number of anilines is 1. The van der Waals surface area contributed by atoms with Crippen molar-refractivity contribution < 1.29 is 14.3 Å². The lowest BCUT2D eigenvalue weighted by molar-refractivity contribution is -0.113. The number of ether oxygens (including phenoxy) is 2. The van der Waals surface area contributed by atoms with Crippen molar-refractivity contribution in [3.63, 3.8) is 0 Å². The zero-order valence-corrected chi connectivity index (χ0v) is 18.9. The van der Waals surface area contributed by atoms with Crippen molar-refractivity contribution in [3.05, 3.63) is 78.4 Å². The lowest BCUT2D eigenvalue weighted by Crippen LogP contribution is -2.15. The van der Waals surface area contributed by atoms with E-state index >= 15 is 0 Å². The number of fused-ring (bicyclic) bond motifs is 1. The molecule has 0 saturated carbocycles. The number of benzene rings is 3. The summed E-state index contributed by atoms with van der Waals surface area (Å²) in [5, 5.41) is 3.74. The molecule has 3 aromatic carbocycles. The van der Waals surface area contributed by atoms with Crippen molar-refractivity contribution in [2.45, 2.75) is 18.1 Å². The molecule has 7 heteroatoms. The second-order valence-corrected chi connectivity index (χ2v) is 8.12. The number of amides is 1. The Bertz CT molecular complexity index is 1210. The van der Waals surface area contributed by atoms with Gasteiger partial charge in [-0.25, -0.2) is 4.98 Å². The monoisotopic (exact) mass is 447 g/mol. The molecule has 1 N–H and O–H groups in total. The van der Waals surface area contributed by atoms with Gasteiger partial charge in [0.15, 0.2) is 5.16 Å². The molecule has 1 heterocycles. The third-order valence-corrected chi connectivity index (χ3v) is 6.08. The molecule has 0 saturated heterocycles. The van der Waals surface area contributed by atoms with E-state index in [2.05, 4.69) is 28.1 Å². The fraction of sp³-hybridized carbons (Fsp3) is 0.200. The highest BCUT2D eigenvalue weighted by Gasteiger charge is 2.14. The fourth-order valence-electron chi connectivity index (χ4n) is 3.49. The summed E-state index contributed by atoms with van der Waals surface area (Å²) < 4.78 is 12.8. The van der Waals surface area contributed by atoms with Gasteiger partial charge >= 0.3 is 0 Å². The molecule has 0 spiro atoms. The molecular weight excluding hydrogens is 422 g/mol. The molecule has 1 amide bonds. The normalized spacial score (nSPS) is 10.8. The first kappa shape index (κ1) is 21.8. The zero-order valence-electron chi connectivity index (χ0n) is 18.1. The maximum atomic E-state index is 12.7. The number of imidazole rings is 1. The van der Waals surface area contributed by atoms with Crippen molar-refractivity contribution >= 4 is 34.4 Å². The maximum absolute atomic E-state index is 12.7. The lowest BCUT2D eigenvalue weighted by Gasteiger charge is -2.12. The van der Waals surface area contributed by atoms with Gasteiger partial charge in [0.25, 0.3) is 0 Å². The van der Waals surface area contributed by atoms with Crippen molar-refractivity contribution in [1.29, 1.82) is 0 Å². The summed E-state index contributed by atoms with van der Waals surface area (Å²) in [5.41, 5.74) is 3.85. The number of carbonyl (C=O) groups excluding carboxylic acids is 1. The number of nitrogens with zero attached hydrogens (tertiary/aromatic N) is 2. The average molecular weight is 448 g/mol. The minimum absolute atomic E-state index is 0.136. The zero-order chi connectivity index (χ0) is 22.3. The Morgan fingerprint density at radius 3 is 2.56 bits per heavy atom. The summed E-state index contributed by atoms with van der Waals surface area (Å²) >= 11 is 1.43. The first-order valence-corrected chi connectivity index (χ1v) is 11.3. The summed E-state index contributed by atoms with van der Waals surface area (Å²) in [4.78, 5) is 17.5. The van der Waals surface area contributed by atoms with Gasteiger partial charge in [0.05, 0.1) is 36.7 Å². The first-order valence-electron chi connectivity index (χ1n) is 10.3. The van der Waals surface area contributed by atoms with Crippen LogP contribution in [0.4, 0.5) is 5.69 Å². The van der Waals surface area contributed by atoms with Crippen molar-refractivity contribution in [2.24, 2.45) is 0 Å². The van der Waals surface area contributed by atoms with Gasteiger partial charge in [-0.1, -0.05) is 54.2 Å². The minimum Gasteiger partial charge on any atom is -0.497 e. The number of methoxy groups -OCH3 is 2. The highest BCUT2D eigenvalue weighted by Crippen LogP contribution is 2.30. The molecule has 164 valence electrons. The maximum Gasteiger partial charge on any atom is 0.234 e. The Hall–Kier alpha value is -3.45. The van der Waals surface area contributed by atoms with Gasteiger partial charge in [-0.3, -0.25) is 4.79 Å². The molecule has 1 aromatic heterocycles. The third kappa shape index (κ3) is 5.06. The van der Waals surface area contributed by atoms with Crippen LogP contribution in [-0.2, 0) is 17.8 Å². The number of aromatic nitrogens is 2. The van der Waals surface area contributed by atoms with E-state index in [0.717, 1.165) is 29.2 Å². The molecule has 0 aliphatic carbocycles. The van der Waals surface area contributed by atoms with E-state index in [0.29, 0.717) is 17.2 Å². The number of hydrogen-bond acceptors (Lipinski definition) is 5. The second kappa shape index (κ2) is 10.2. The summed E-state index contributed by atoms with van der Waals surface area (Å²) in [7, 11) is 3.16. The Kier molecular flexibility index (Phi) is 6.97. The Morgan fingerprint density at radius 2 is 1.78 bits per heavy atom. The molecule has 0 aliphatic heterocycles. The number of para-hydroxylation sites is 2. The highest BCUT2D eigenvalue weighted by molar-refractivity contribution is 7.99. The van der Waals surface area contributed by atoms with Crippen LogP contribution in [0.15, 0.2) is 78.0 Å². The smallest absolute Gasteiger partial charge is 0.234 e. The van der Waals surface area contributed by atoms with Crippen LogP contribution in [0.2, 0.25) is 0 Å². The highest BCUT2D eigenvalue weighted by atomic mass is 32.2. The Balaban J connectivity index is 1.48. The molecular formula is C25H25N3O3S. The van der Waals surface area contributed by atoms with Crippen LogP contribution in [0, 0.1) is 0 Å². The largest absolute Gasteiger partial charge is 0.497 e. The number of hydrogen-bond donors (Lipinski definition) is 1. The Morgan fingerprint density at radius 1 is 1.00 bits per heavy atom. The van der Waals surface area contributed by atoms with E-state index in [9.17, 15) is 4.79 Å². The predicted octanol–water partition coefficient (Wildman–Crippen LogP) is 5.03. The van der Waals surface area contributed by atoms with Crippen LogP contribution in [0.25, 0.3) is 11.0 Å². The van der Waals surface area contributed by atoms with Gasteiger partial charge in [0.2, 0.25) is 5.91 Å². The third-order valence-electron chi connectivity index (χ3n) is 5.10. The predicted molar refractivity (Wildman–Crippen MR) is 129 cm³/mol. The van der Waals surface area contributed by atoms with E-state index in [4.69, 9.17) is 14.5 Å². The number of thioether (sulfide) groups is 1. The fourth-order valence-corrected chi connectivity index (χ4v) is 4.33. The van der Waals surface area contributed by atoms with Gasteiger partial charge in [-0.05, 0) is 36.2 Å². The topological polar surface area (TPSA) is 65.4 Å². The Labute approximate surface area is 191 Å². The van der Waals surface area contributed by atoms with Crippen molar-refractivity contribution in [3.8, 4) is 11.5 Å². The summed E-state index contributed by atoms with van der Waals surface area (Å²) in [6.07, 6.45) is 0.891. The van der Waals surface area contributed by atoms with E-state index < -0.39 is 0 Å². The van der Waals surface area contributed by atoms with Gasteiger partial charge in [0.1, 0.15) is 11.5 Å². The van der Waals surface area contributed by atoms with Crippen LogP contribution in [-0.4, -0.2) is 35.4 Å². The van der Waals surface area contributed by atoms with Crippen LogP contribution < -0.4 is 14.8 Å². The molecule has 6 nitrogen and oxygen atoms in total. The quantitative estimate of drug-likeness (QED) is 0.365. The average Bonchev–Trinajstić information content (AvgIpc) is 3.19. The number of aryl methyl sites for hydroxylation is 2. The van der Waals surface area contributed by atoms with Crippen LogP contribution in [0.5, 0.6) is 11.5 Å². The van der Waals surface area contributed by atoms with Gasteiger partial charge < -0.3 is 19.4 Å². The van der Waals surface area contributed by atoms with E-state index in [1.807, 2.05) is 36.4 Å². The molecule has 0 fully saturated rings. The molecule has 4 rings (SSSR count). The number of carbonyl (C=O) groups is 1. The molecule has 0 aliphatic rings. The van der Waals surface area contributed by atoms with Crippen molar-refractivity contribution in [2.75, 3.05) is 25.3 Å². The van der Waals surface area contributed by atoms with E-state index in [1.54, 1.807) is 32.4 Å². The molecule has 0 atom stereocenters. The van der Waals surface area contributed by atoms with E-state index in [-0.39, 0.29) is 11.7 Å². The van der Waals surface area contributed by atoms with Gasteiger partial charge in [-0.2, -0.15) is 0 Å². The molecule has 32 heavy (non-hydrogen) atoms. The van der Waals surface area contributed by atoms with Crippen LogP contribution in [0.1, 0.15) is 5.56 Å². The molecule has 0 bridgehead atoms. The van der Waals surface area contributed by atoms with Crippen LogP contribution in [0.3, 0.4) is 0 Å². The second-order valence-electron chi connectivity index (χ2n) is 7.17. The van der Waals surface area contributed by atoms with Gasteiger partial charge in [0, 0.05) is 12.6 Å². The van der Waals surface area contributed by atoms with E-state index in [1.165, 1.54) is 17.3 Å². The minimum atomic E-state index is -0.136. The molecule has 0 radical (unpaired) electrons. The van der Waals surface area contributed by atoms with Gasteiger partial charge in [-0.15, -0.1) is 0 Å². The molecule has 4 aromatic rings. The van der Waals surface area contributed by atoms with Crippen LogP contribution >= 0.6 is 11.8 Å². The number of nitrogens with one attached hydrogen (secondary N) is 1. The number of rotatable bonds is 9. The summed E-state index contributed by atoms with van der Waals surface area (Å²) in [5.74, 6) is 1.33. The standard InChI is InChI=1S/C25H25N3O3S/c1-30-19-12-13-23(31-2)21(16-19)26-24(29)17-32-25-27-20-10-6-7-11-22(20)28(25)15-14-18-8-4-3-5-9-18/h3-13,16H,14-15,17H2,1-2H3,(H,26,29). The lowest BCUT2D eigenvalue weighted by atomic mass is 10.1. The summed E-state index contributed by atoms with van der Waals surface area (Å²) in [6.45, 7) is 0.790. The first-order chi connectivity index (χ1) is 15.7. The molecule has 0 unspecified atom stereocenters.